The van der Waals surface area contributed by atoms with Gasteiger partial charge in [-0.1, -0.05) is 87.7 Å². The van der Waals surface area contributed by atoms with Crippen molar-refractivity contribution in [3.8, 4) is 11.4 Å². The Morgan fingerprint density at radius 2 is 1.68 bits per heavy atom. The van der Waals surface area contributed by atoms with Crippen LogP contribution in [-0.4, -0.2) is 39.8 Å². The van der Waals surface area contributed by atoms with E-state index >= 15 is 0 Å². The number of carbonyl (C=O) groups is 1. The zero-order chi connectivity index (χ0) is 24.4. The molecule has 34 heavy (non-hydrogen) atoms. The molecule has 1 fully saturated rings. The van der Waals surface area contributed by atoms with Crippen LogP contribution in [0.4, 0.5) is 4.79 Å². The lowest BCUT2D eigenvalue weighted by molar-refractivity contribution is 0.0291. The van der Waals surface area contributed by atoms with Crippen molar-refractivity contribution in [2.24, 2.45) is 0 Å². The van der Waals surface area contributed by atoms with Crippen LogP contribution in [0.25, 0.3) is 11.4 Å². The number of unbranched alkanes of at least 4 members (excludes halogenated alkanes) is 8. The van der Waals surface area contributed by atoms with Gasteiger partial charge in [-0.3, -0.25) is 0 Å². The molecule has 0 aliphatic carbocycles. The predicted molar refractivity (Wildman–Crippen MR) is 136 cm³/mol. The van der Waals surface area contributed by atoms with Crippen molar-refractivity contribution in [1.82, 2.24) is 15.0 Å². The lowest BCUT2D eigenvalue weighted by Gasteiger charge is -2.24. The van der Waals surface area contributed by atoms with E-state index in [0.29, 0.717) is 24.8 Å². The van der Waals surface area contributed by atoms with Gasteiger partial charge in [-0.15, -0.1) is 0 Å². The Balaban J connectivity index is 1.40. The van der Waals surface area contributed by atoms with Crippen LogP contribution < -0.4 is 0 Å². The number of benzene rings is 1. The minimum atomic E-state index is -0.493. The molecule has 1 aliphatic rings. The van der Waals surface area contributed by atoms with Crippen LogP contribution in [0, 0.1) is 0 Å². The van der Waals surface area contributed by atoms with E-state index in [1.54, 1.807) is 4.90 Å². The van der Waals surface area contributed by atoms with Gasteiger partial charge in [-0.05, 0) is 45.6 Å². The Morgan fingerprint density at radius 3 is 2.32 bits per heavy atom. The first-order valence-corrected chi connectivity index (χ1v) is 13.3. The van der Waals surface area contributed by atoms with Gasteiger partial charge >= 0.3 is 6.09 Å². The Hall–Kier alpha value is -2.37. The maximum atomic E-state index is 12.3. The molecule has 0 spiro atoms. The highest BCUT2D eigenvalue weighted by molar-refractivity contribution is 5.68. The summed E-state index contributed by atoms with van der Waals surface area (Å²) < 4.78 is 11.0. The van der Waals surface area contributed by atoms with E-state index in [1.807, 2.05) is 20.8 Å². The fraction of sp³-hybridized carbons (Fsp3) is 0.679. The number of nitrogens with zero attached hydrogens (tertiary/aromatic N) is 3. The molecule has 0 bridgehead atoms. The number of rotatable bonds is 12. The highest BCUT2D eigenvalue weighted by Gasteiger charge is 2.33. The fourth-order valence-electron chi connectivity index (χ4n) is 4.43. The van der Waals surface area contributed by atoms with E-state index in [2.05, 4.69) is 41.3 Å². The maximum Gasteiger partial charge on any atom is 0.410 e. The van der Waals surface area contributed by atoms with Crippen LogP contribution in [-0.2, 0) is 11.2 Å². The van der Waals surface area contributed by atoms with Gasteiger partial charge in [0.25, 0.3) is 0 Å². The van der Waals surface area contributed by atoms with Crippen molar-refractivity contribution < 1.29 is 14.1 Å². The van der Waals surface area contributed by atoms with Crippen molar-refractivity contribution >= 4 is 6.09 Å². The summed E-state index contributed by atoms with van der Waals surface area (Å²) in [6, 6.07) is 8.52. The number of hydrogen-bond acceptors (Lipinski definition) is 5. The molecule has 1 aliphatic heterocycles. The molecule has 1 saturated heterocycles. The van der Waals surface area contributed by atoms with Crippen LogP contribution >= 0.6 is 0 Å². The quantitative estimate of drug-likeness (QED) is 0.300. The highest BCUT2D eigenvalue weighted by Crippen LogP contribution is 2.29. The third kappa shape index (κ3) is 8.44. The average Bonchev–Trinajstić information content (AvgIpc) is 3.47. The molecule has 0 N–H and O–H groups in total. The second-order valence-electron chi connectivity index (χ2n) is 10.6. The zero-order valence-electron chi connectivity index (χ0n) is 21.6. The lowest BCUT2D eigenvalue weighted by atomic mass is 10.0. The van der Waals surface area contributed by atoms with Crippen molar-refractivity contribution in [3.63, 3.8) is 0 Å². The molecule has 6 nitrogen and oxygen atoms in total. The molecule has 0 saturated carbocycles. The van der Waals surface area contributed by atoms with Crippen molar-refractivity contribution in [2.45, 2.75) is 110 Å². The van der Waals surface area contributed by atoms with Crippen LogP contribution in [0.15, 0.2) is 28.8 Å². The molecular formula is C28H43N3O3. The van der Waals surface area contributed by atoms with Gasteiger partial charge in [0.2, 0.25) is 11.7 Å². The first kappa shape index (κ1) is 26.2. The Kier molecular flexibility index (Phi) is 9.97. The molecule has 1 amide bonds. The minimum absolute atomic E-state index is 0.0553. The van der Waals surface area contributed by atoms with Crippen molar-refractivity contribution in [3.05, 3.63) is 35.7 Å². The monoisotopic (exact) mass is 469 g/mol. The summed E-state index contributed by atoms with van der Waals surface area (Å²) >= 11 is 0. The number of ether oxygens (including phenoxy) is 1. The highest BCUT2D eigenvalue weighted by atomic mass is 16.6. The molecule has 1 atom stereocenters. The molecule has 2 heterocycles. The van der Waals surface area contributed by atoms with Crippen molar-refractivity contribution in [2.75, 3.05) is 13.1 Å². The normalized spacial score (nSPS) is 16.2. The SMILES string of the molecule is CCCCCCCCCCCc1ccc(-c2noc([C@@H]3CCN(C(=O)OC(C)(C)C)C3)n2)cc1. The number of amides is 1. The fourth-order valence-corrected chi connectivity index (χ4v) is 4.43. The van der Waals surface area contributed by atoms with Gasteiger partial charge in [-0.2, -0.15) is 4.98 Å². The number of aryl methyl sites for hydroxylation is 1. The number of carbonyl (C=O) groups excluding carboxylic acids is 1. The molecule has 2 aromatic rings. The van der Waals surface area contributed by atoms with Crippen LogP contribution in [0.1, 0.15) is 109 Å². The zero-order valence-corrected chi connectivity index (χ0v) is 21.6. The smallest absolute Gasteiger partial charge is 0.410 e. The Morgan fingerprint density at radius 1 is 1.03 bits per heavy atom. The standard InChI is InChI=1S/C28H43N3O3/c1-5-6-7-8-9-10-11-12-13-14-22-15-17-23(18-16-22)25-29-26(34-30-25)24-19-20-31(21-24)27(32)33-28(2,3)4/h15-18,24H,5-14,19-21H2,1-4H3/t24-/m1/s1. The summed E-state index contributed by atoms with van der Waals surface area (Å²) in [7, 11) is 0. The molecule has 0 unspecified atom stereocenters. The number of aromatic nitrogens is 2. The van der Waals surface area contributed by atoms with Gasteiger partial charge < -0.3 is 14.2 Å². The molecule has 1 aromatic carbocycles. The largest absolute Gasteiger partial charge is 0.444 e. The third-order valence-corrected chi connectivity index (χ3v) is 6.41. The molecule has 0 radical (unpaired) electrons. The summed E-state index contributed by atoms with van der Waals surface area (Å²) in [5, 5.41) is 4.19. The predicted octanol–water partition coefficient (Wildman–Crippen LogP) is 7.53. The Bertz CT molecular complexity index is 870. The van der Waals surface area contributed by atoms with Gasteiger partial charge in [0.15, 0.2) is 0 Å². The second kappa shape index (κ2) is 12.9. The second-order valence-corrected chi connectivity index (χ2v) is 10.6. The first-order valence-electron chi connectivity index (χ1n) is 13.3. The summed E-state index contributed by atoms with van der Waals surface area (Å²) in [6.07, 6.45) is 13.8. The average molecular weight is 470 g/mol. The third-order valence-electron chi connectivity index (χ3n) is 6.41. The minimum Gasteiger partial charge on any atom is -0.444 e. The maximum absolute atomic E-state index is 12.3. The van der Waals surface area contributed by atoms with Gasteiger partial charge in [0.05, 0.1) is 5.92 Å². The van der Waals surface area contributed by atoms with E-state index in [0.717, 1.165) is 18.4 Å². The van der Waals surface area contributed by atoms with Gasteiger partial charge in [0.1, 0.15) is 5.60 Å². The van der Waals surface area contributed by atoms with E-state index in [-0.39, 0.29) is 12.0 Å². The van der Waals surface area contributed by atoms with E-state index in [1.165, 1.54) is 63.4 Å². The van der Waals surface area contributed by atoms with Gasteiger partial charge in [-0.25, -0.2) is 4.79 Å². The molecule has 3 rings (SSSR count). The van der Waals surface area contributed by atoms with Gasteiger partial charge in [0, 0.05) is 18.7 Å². The van der Waals surface area contributed by atoms with E-state index in [9.17, 15) is 4.79 Å². The van der Waals surface area contributed by atoms with E-state index in [4.69, 9.17) is 9.26 Å². The summed E-state index contributed by atoms with van der Waals surface area (Å²) in [6.45, 7) is 9.10. The van der Waals surface area contributed by atoms with E-state index < -0.39 is 5.60 Å². The first-order chi connectivity index (χ1) is 16.4. The Labute approximate surface area is 205 Å². The number of likely N-dealkylation sites (tertiary alicyclic amines) is 1. The molecular weight excluding hydrogens is 426 g/mol. The summed E-state index contributed by atoms with van der Waals surface area (Å²) in [5.74, 6) is 1.26. The van der Waals surface area contributed by atoms with Crippen LogP contribution in [0.3, 0.4) is 0 Å². The summed E-state index contributed by atoms with van der Waals surface area (Å²) in [4.78, 5) is 18.7. The molecule has 6 heteroatoms. The van der Waals surface area contributed by atoms with Crippen molar-refractivity contribution in [1.29, 1.82) is 0 Å². The van der Waals surface area contributed by atoms with Crippen LogP contribution in [0.5, 0.6) is 0 Å². The topological polar surface area (TPSA) is 68.5 Å². The summed E-state index contributed by atoms with van der Waals surface area (Å²) in [5.41, 5.74) is 1.83. The number of hydrogen-bond donors (Lipinski definition) is 0. The molecule has 188 valence electrons. The lowest BCUT2D eigenvalue weighted by Crippen LogP contribution is -2.35. The van der Waals surface area contributed by atoms with Crippen LogP contribution in [0.2, 0.25) is 0 Å². The molecule has 1 aromatic heterocycles.